The smallest absolute Gasteiger partial charge is 0.319 e. The molecule has 6 nitrogen and oxygen atoms in total. The highest BCUT2D eigenvalue weighted by atomic mass is 19.1. The number of benzene rings is 1. The average molecular weight is 341 g/mol. The first-order valence-electron chi connectivity index (χ1n) is 7.63. The normalized spacial score (nSPS) is 10.4. The summed E-state index contributed by atoms with van der Waals surface area (Å²) in [4.78, 5) is 24.3. The van der Waals surface area contributed by atoms with Gasteiger partial charge in [-0.1, -0.05) is 12.1 Å². The molecule has 128 valence electrons. The van der Waals surface area contributed by atoms with Gasteiger partial charge in [0.25, 0.3) is 5.56 Å². The number of carbonyl (C=O) groups excluding carboxylic acids is 1. The van der Waals surface area contributed by atoms with Crippen molar-refractivity contribution in [3.05, 3.63) is 88.5 Å². The molecule has 0 unspecified atom stereocenters. The molecule has 25 heavy (non-hydrogen) atoms. The van der Waals surface area contributed by atoms with E-state index in [0.717, 1.165) is 5.56 Å². The third-order valence-electron chi connectivity index (χ3n) is 3.54. The zero-order valence-corrected chi connectivity index (χ0v) is 13.2. The molecule has 0 saturated carbocycles. The van der Waals surface area contributed by atoms with Gasteiger partial charge in [-0.2, -0.15) is 0 Å². The molecule has 0 saturated heterocycles. The number of hydrogen-bond donors (Lipinski definition) is 2. The molecule has 0 atom stereocenters. The van der Waals surface area contributed by atoms with Gasteiger partial charge in [0.2, 0.25) is 0 Å². The minimum atomic E-state index is -0.506. The summed E-state index contributed by atoms with van der Waals surface area (Å²) in [5.41, 5.74) is 0.587. The highest BCUT2D eigenvalue weighted by molar-refractivity contribution is 5.88. The predicted octanol–water partition coefficient (Wildman–Crippen LogP) is 2.95. The van der Waals surface area contributed by atoms with Crippen LogP contribution < -0.4 is 16.2 Å². The largest absolute Gasteiger partial charge is 0.467 e. The van der Waals surface area contributed by atoms with Crippen LogP contribution in [0.4, 0.5) is 14.9 Å². The number of aromatic nitrogens is 1. The Morgan fingerprint density at radius 3 is 2.64 bits per heavy atom. The molecule has 0 radical (unpaired) electrons. The number of halogens is 1. The standard InChI is InChI=1S/C18H16FN3O3/c19-14-7-5-13(6-8-14)12-22-9-1-4-16(17(22)23)21-18(24)20-11-15-3-2-10-25-15/h1-10H,11-12H2,(H2,20,21,24). The Balaban J connectivity index is 1.67. The number of urea groups is 1. The van der Waals surface area contributed by atoms with Crippen molar-refractivity contribution < 1.29 is 13.6 Å². The van der Waals surface area contributed by atoms with Gasteiger partial charge in [-0.15, -0.1) is 0 Å². The van der Waals surface area contributed by atoms with Crippen LogP contribution >= 0.6 is 0 Å². The van der Waals surface area contributed by atoms with E-state index in [0.29, 0.717) is 5.76 Å². The molecule has 0 aliphatic rings. The number of anilines is 1. The van der Waals surface area contributed by atoms with E-state index >= 15 is 0 Å². The topological polar surface area (TPSA) is 76.3 Å². The summed E-state index contributed by atoms with van der Waals surface area (Å²) in [5.74, 6) is 0.275. The summed E-state index contributed by atoms with van der Waals surface area (Å²) in [5, 5.41) is 5.13. The molecule has 7 heteroatoms. The first kappa shape index (κ1) is 16.5. The van der Waals surface area contributed by atoms with Gasteiger partial charge in [-0.25, -0.2) is 9.18 Å². The van der Waals surface area contributed by atoms with Crippen molar-refractivity contribution in [3.63, 3.8) is 0 Å². The Kier molecular flexibility index (Phi) is 4.94. The number of furan rings is 1. The average Bonchev–Trinajstić information content (AvgIpc) is 3.12. The number of rotatable bonds is 5. The van der Waals surface area contributed by atoms with Gasteiger partial charge >= 0.3 is 6.03 Å². The van der Waals surface area contributed by atoms with E-state index in [4.69, 9.17) is 4.42 Å². The van der Waals surface area contributed by atoms with Crippen LogP contribution in [-0.2, 0) is 13.1 Å². The third-order valence-corrected chi connectivity index (χ3v) is 3.54. The van der Waals surface area contributed by atoms with Crippen molar-refractivity contribution in [1.82, 2.24) is 9.88 Å². The molecule has 0 aliphatic heterocycles. The van der Waals surface area contributed by atoms with Crippen LogP contribution in [0.3, 0.4) is 0 Å². The fourth-order valence-electron chi connectivity index (χ4n) is 2.29. The SMILES string of the molecule is O=C(NCc1ccco1)Nc1cccn(Cc2ccc(F)cc2)c1=O. The van der Waals surface area contributed by atoms with Crippen molar-refractivity contribution >= 4 is 11.7 Å². The summed E-state index contributed by atoms with van der Waals surface area (Å²) in [7, 11) is 0. The lowest BCUT2D eigenvalue weighted by molar-refractivity contribution is 0.251. The first-order chi connectivity index (χ1) is 12.1. The number of hydrogen-bond acceptors (Lipinski definition) is 3. The van der Waals surface area contributed by atoms with Gasteiger partial charge < -0.3 is 19.6 Å². The Morgan fingerprint density at radius 1 is 1.12 bits per heavy atom. The zero-order chi connectivity index (χ0) is 17.6. The van der Waals surface area contributed by atoms with E-state index in [-0.39, 0.29) is 30.2 Å². The maximum Gasteiger partial charge on any atom is 0.319 e. The Labute approximate surface area is 142 Å². The molecular weight excluding hydrogens is 325 g/mol. The van der Waals surface area contributed by atoms with Crippen LogP contribution in [-0.4, -0.2) is 10.6 Å². The maximum absolute atomic E-state index is 13.0. The third kappa shape index (κ3) is 4.35. The molecule has 0 aliphatic carbocycles. The maximum atomic E-state index is 13.0. The van der Waals surface area contributed by atoms with Crippen LogP contribution in [0.25, 0.3) is 0 Å². The van der Waals surface area contributed by atoms with Crippen molar-refractivity contribution in [3.8, 4) is 0 Å². The van der Waals surface area contributed by atoms with Gasteiger partial charge in [0.05, 0.1) is 19.4 Å². The molecule has 2 aromatic heterocycles. The molecule has 3 aromatic rings. The van der Waals surface area contributed by atoms with E-state index < -0.39 is 6.03 Å². The minimum Gasteiger partial charge on any atom is -0.467 e. The van der Waals surface area contributed by atoms with Gasteiger partial charge in [0, 0.05) is 6.20 Å². The molecule has 3 rings (SSSR count). The van der Waals surface area contributed by atoms with Crippen molar-refractivity contribution in [1.29, 1.82) is 0 Å². The van der Waals surface area contributed by atoms with Crippen LogP contribution in [0.15, 0.2) is 70.2 Å². The number of carbonyl (C=O) groups is 1. The lowest BCUT2D eigenvalue weighted by Crippen LogP contribution is -2.32. The number of nitrogens with one attached hydrogen (secondary N) is 2. The number of amides is 2. The first-order valence-corrected chi connectivity index (χ1v) is 7.63. The second-order valence-electron chi connectivity index (χ2n) is 5.37. The molecule has 1 aromatic carbocycles. The fraction of sp³-hybridized carbons (Fsp3) is 0.111. The monoisotopic (exact) mass is 341 g/mol. The van der Waals surface area contributed by atoms with Crippen molar-refractivity contribution in [2.24, 2.45) is 0 Å². The van der Waals surface area contributed by atoms with E-state index in [2.05, 4.69) is 10.6 Å². The minimum absolute atomic E-state index is 0.154. The summed E-state index contributed by atoms with van der Waals surface area (Å²) in [6, 6.07) is 12.0. The quantitative estimate of drug-likeness (QED) is 0.749. The highest BCUT2D eigenvalue weighted by Gasteiger charge is 2.08. The summed E-state index contributed by atoms with van der Waals surface area (Å²) in [6.45, 7) is 0.498. The molecule has 2 amide bonds. The van der Waals surface area contributed by atoms with Gasteiger partial charge in [-0.05, 0) is 42.0 Å². The second-order valence-corrected chi connectivity index (χ2v) is 5.37. The molecule has 2 N–H and O–H groups in total. The van der Waals surface area contributed by atoms with Gasteiger partial charge in [0.1, 0.15) is 17.3 Å². The molecular formula is C18H16FN3O3. The van der Waals surface area contributed by atoms with Crippen LogP contribution in [0, 0.1) is 5.82 Å². The van der Waals surface area contributed by atoms with E-state index in [9.17, 15) is 14.0 Å². The number of pyridine rings is 1. The van der Waals surface area contributed by atoms with E-state index in [1.807, 2.05) is 0 Å². The van der Waals surface area contributed by atoms with Gasteiger partial charge in [0.15, 0.2) is 0 Å². The Bertz CT molecular complexity index is 902. The molecule has 0 fully saturated rings. The predicted molar refractivity (Wildman–Crippen MR) is 90.8 cm³/mol. The zero-order valence-electron chi connectivity index (χ0n) is 13.2. The molecule has 2 heterocycles. The summed E-state index contributed by atoms with van der Waals surface area (Å²) in [6.07, 6.45) is 3.12. The summed E-state index contributed by atoms with van der Waals surface area (Å²) >= 11 is 0. The van der Waals surface area contributed by atoms with Crippen molar-refractivity contribution in [2.45, 2.75) is 13.1 Å². The van der Waals surface area contributed by atoms with E-state index in [1.165, 1.54) is 29.0 Å². The second kappa shape index (κ2) is 7.48. The summed E-state index contributed by atoms with van der Waals surface area (Å²) < 4.78 is 19.5. The molecule has 0 spiro atoms. The van der Waals surface area contributed by atoms with Crippen molar-refractivity contribution in [2.75, 3.05) is 5.32 Å². The van der Waals surface area contributed by atoms with Crippen LogP contribution in [0.2, 0.25) is 0 Å². The fourth-order valence-corrected chi connectivity index (χ4v) is 2.29. The van der Waals surface area contributed by atoms with Crippen LogP contribution in [0.5, 0.6) is 0 Å². The lowest BCUT2D eigenvalue weighted by atomic mass is 10.2. The van der Waals surface area contributed by atoms with Gasteiger partial charge in [-0.3, -0.25) is 4.79 Å². The Hall–Kier alpha value is -3.35. The molecule has 0 bridgehead atoms. The number of nitrogens with zero attached hydrogens (tertiary/aromatic N) is 1. The van der Waals surface area contributed by atoms with Crippen LogP contribution in [0.1, 0.15) is 11.3 Å². The Morgan fingerprint density at radius 2 is 1.92 bits per heavy atom. The lowest BCUT2D eigenvalue weighted by Gasteiger charge is -2.10. The van der Waals surface area contributed by atoms with E-state index in [1.54, 1.807) is 36.5 Å². The highest BCUT2D eigenvalue weighted by Crippen LogP contribution is 2.06.